The Morgan fingerprint density at radius 3 is 2.44 bits per heavy atom. The number of benzene rings is 1. The van der Waals surface area contributed by atoms with Gasteiger partial charge in [-0.3, -0.25) is 9.89 Å². The minimum absolute atomic E-state index is 0. The van der Waals surface area contributed by atoms with Gasteiger partial charge in [0.05, 0.1) is 13.7 Å². The molecule has 0 spiro atoms. The molecule has 1 fully saturated rings. The Morgan fingerprint density at radius 1 is 1.24 bits per heavy atom. The van der Waals surface area contributed by atoms with Crippen LogP contribution in [0.3, 0.4) is 0 Å². The molecule has 0 heterocycles. The van der Waals surface area contributed by atoms with Crippen LogP contribution in [-0.2, 0) is 6.54 Å². The zero-order chi connectivity index (χ0) is 17.4. The number of nitrogens with one attached hydrogen (secondary N) is 1. The van der Waals surface area contributed by atoms with Crippen molar-refractivity contribution < 1.29 is 4.74 Å². The molecule has 2 rings (SSSR count). The van der Waals surface area contributed by atoms with Gasteiger partial charge in [-0.15, -0.1) is 24.0 Å². The van der Waals surface area contributed by atoms with Gasteiger partial charge in [0.25, 0.3) is 0 Å². The number of methoxy groups -OCH3 is 1. The van der Waals surface area contributed by atoms with Gasteiger partial charge in [-0.2, -0.15) is 0 Å². The van der Waals surface area contributed by atoms with Crippen LogP contribution in [0.25, 0.3) is 0 Å². The van der Waals surface area contributed by atoms with Crippen LogP contribution in [0.15, 0.2) is 29.3 Å². The molecule has 1 aliphatic rings. The zero-order valence-corrected chi connectivity index (χ0v) is 18.3. The molecule has 1 saturated carbocycles. The SMILES string of the molecule is CCNC(=NCCN(CC)C1CC1)N(C)Cc1ccc(OC)cc1.I. The van der Waals surface area contributed by atoms with Crippen LogP contribution >= 0.6 is 24.0 Å². The maximum Gasteiger partial charge on any atom is 0.194 e. The Balaban J connectivity index is 0.00000312. The summed E-state index contributed by atoms with van der Waals surface area (Å²) < 4.78 is 5.22. The van der Waals surface area contributed by atoms with Crippen molar-refractivity contribution in [1.29, 1.82) is 0 Å². The maximum atomic E-state index is 5.22. The van der Waals surface area contributed by atoms with Gasteiger partial charge >= 0.3 is 0 Å². The first-order valence-corrected chi connectivity index (χ1v) is 9.04. The second-order valence-electron chi connectivity index (χ2n) is 6.30. The molecule has 5 nitrogen and oxygen atoms in total. The molecule has 1 aliphatic carbocycles. The Labute approximate surface area is 169 Å². The highest BCUT2D eigenvalue weighted by molar-refractivity contribution is 14.0. The van der Waals surface area contributed by atoms with Gasteiger partial charge in [0.1, 0.15) is 5.75 Å². The predicted molar refractivity (Wildman–Crippen MR) is 116 cm³/mol. The lowest BCUT2D eigenvalue weighted by Gasteiger charge is -2.23. The molecule has 1 N–H and O–H groups in total. The van der Waals surface area contributed by atoms with E-state index in [4.69, 9.17) is 9.73 Å². The highest BCUT2D eigenvalue weighted by atomic mass is 127. The molecule has 0 amide bonds. The summed E-state index contributed by atoms with van der Waals surface area (Å²) in [7, 11) is 3.78. The van der Waals surface area contributed by atoms with Gasteiger partial charge in [0.2, 0.25) is 0 Å². The van der Waals surface area contributed by atoms with Gasteiger partial charge < -0.3 is 15.0 Å². The summed E-state index contributed by atoms with van der Waals surface area (Å²) in [5.74, 6) is 1.86. The van der Waals surface area contributed by atoms with E-state index in [9.17, 15) is 0 Å². The molecule has 1 aromatic rings. The van der Waals surface area contributed by atoms with E-state index in [1.807, 2.05) is 12.1 Å². The monoisotopic (exact) mass is 460 g/mol. The van der Waals surface area contributed by atoms with Gasteiger partial charge in [0.15, 0.2) is 5.96 Å². The van der Waals surface area contributed by atoms with Gasteiger partial charge in [-0.05, 0) is 44.0 Å². The first-order chi connectivity index (χ1) is 11.7. The smallest absolute Gasteiger partial charge is 0.194 e. The van der Waals surface area contributed by atoms with Crippen molar-refractivity contribution >= 4 is 29.9 Å². The first-order valence-electron chi connectivity index (χ1n) is 9.04. The quantitative estimate of drug-likeness (QED) is 0.349. The normalized spacial score (nSPS) is 14.2. The van der Waals surface area contributed by atoms with Crippen LogP contribution < -0.4 is 10.1 Å². The van der Waals surface area contributed by atoms with Crippen molar-refractivity contribution in [3.8, 4) is 5.75 Å². The number of hydrogen-bond donors (Lipinski definition) is 1. The van der Waals surface area contributed by atoms with Crippen LogP contribution in [0.1, 0.15) is 32.3 Å². The average molecular weight is 460 g/mol. The van der Waals surface area contributed by atoms with Crippen molar-refractivity contribution in [2.75, 3.05) is 40.3 Å². The molecule has 142 valence electrons. The molecule has 0 aliphatic heterocycles. The third-order valence-electron chi connectivity index (χ3n) is 4.39. The Bertz CT molecular complexity index is 517. The molecule has 25 heavy (non-hydrogen) atoms. The Kier molecular flexibility index (Phi) is 10.2. The lowest BCUT2D eigenvalue weighted by atomic mass is 10.2. The van der Waals surface area contributed by atoms with Gasteiger partial charge in [0, 0.05) is 32.7 Å². The lowest BCUT2D eigenvalue weighted by molar-refractivity contribution is 0.285. The minimum atomic E-state index is 0. The summed E-state index contributed by atoms with van der Waals surface area (Å²) in [5, 5.41) is 3.39. The minimum Gasteiger partial charge on any atom is -0.497 e. The fraction of sp³-hybridized carbons (Fsp3) is 0.632. The van der Waals surface area contributed by atoms with Gasteiger partial charge in [-0.1, -0.05) is 19.1 Å². The fourth-order valence-corrected chi connectivity index (χ4v) is 2.87. The van der Waals surface area contributed by atoms with Crippen LogP contribution in [-0.4, -0.2) is 62.1 Å². The molecule has 0 aromatic heterocycles. The average Bonchev–Trinajstić information content (AvgIpc) is 3.43. The summed E-state index contributed by atoms with van der Waals surface area (Å²) in [5.41, 5.74) is 1.25. The highest BCUT2D eigenvalue weighted by Crippen LogP contribution is 2.25. The fourth-order valence-electron chi connectivity index (χ4n) is 2.87. The van der Waals surface area contributed by atoms with E-state index in [1.54, 1.807) is 7.11 Å². The van der Waals surface area contributed by atoms with Gasteiger partial charge in [-0.25, -0.2) is 0 Å². The molecule has 1 aromatic carbocycles. The molecular formula is C19H33IN4O. The van der Waals surface area contributed by atoms with Crippen LogP contribution in [0.2, 0.25) is 0 Å². The van der Waals surface area contributed by atoms with Crippen molar-refractivity contribution in [2.45, 2.75) is 39.3 Å². The Hall–Kier alpha value is -1.02. The molecule has 0 saturated heterocycles. The van der Waals surface area contributed by atoms with E-state index in [0.29, 0.717) is 0 Å². The van der Waals surface area contributed by atoms with E-state index in [0.717, 1.165) is 50.5 Å². The third-order valence-corrected chi connectivity index (χ3v) is 4.39. The number of nitrogens with zero attached hydrogens (tertiary/aromatic N) is 3. The van der Waals surface area contributed by atoms with E-state index >= 15 is 0 Å². The zero-order valence-electron chi connectivity index (χ0n) is 16.0. The summed E-state index contributed by atoms with van der Waals surface area (Å²) in [4.78, 5) is 9.52. The second-order valence-corrected chi connectivity index (χ2v) is 6.30. The molecular weight excluding hydrogens is 427 g/mol. The largest absolute Gasteiger partial charge is 0.497 e. The van der Waals surface area contributed by atoms with Crippen LogP contribution in [0, 0.1) is 0 Å². The predicted octanol–water partition coefficient (Wildman–Crippen LogP) is 3.19. The summed E-state index contributed by atoms with van der Waals surface area (Å²) in [6, 6.07) is 9.02. The van der Waals surface area contributed by atoms with Crippen LogP contribution in [0.5, 0.6) is 5.75 Å². The third kappa shape index (κ3) is 7.40. The number of likely N-dealkylation sites (N-methyl/N-ethyl adjacent to an activating group) is 1. The second kappa shape index (κ2) is 11.6. The standard InChI is InChI=1S/C19H32N4O.HI/c1-5-20-19(21-13-14-23(6-2)17-9-10-17)22(3)15-16-7-11-18(24-4)12-8-16;/h7-8,11-12,17H,5-6,9-10,13-15H2,1-4H3,(H,20,21);1H. The number of rotatable bonds is 9. The van der Waals surface area contributed by atoms with E-state index in [1.165, 1.54) is 18.4 Å². The molecule has 0 bridgehead atoms. The lowest BCUT2D eigenvalue weighted by Crippen LogP contribution is -2.39. The Morgan fingerprint density at radius 2 is 1.92 bits per heavy atom. The number of hydrogen-bond acceptors (Lipinski definition) is 3. The summed E-state index contributed by atoms with van der Waals surface area (Å²) >= 11 is 0. The van der Waals surface area contributed by atoms with E-state index in [-0.39, 0.29) is 24.0 Å². The molecule has 6 heteroatoms. The van der Waals surface area contributed by atoms with E-state index < -0.39 is 0 Å². The summed E-state index contributed by atoms with van der Waals surface area (Å²) in [6.45, 7) is 9.08. The molecule has 0 radical (unpaired) electrons. The highest BCUT2D eigenvalue weighted by Gasteiger charge is 2.27. The number of halogens is 1. The van der Waals surface area contributed by atoms with E-state index in [2.05, 4.69) is 48.1 Å². The van der Waals surface area contributed by atoms with Crippen molar-refractivity contribution in [3.05, 3.63) is 29.8 Å². The summed E-state index contributed by atoms with van der Waals surface area (Å²) in [6.07, 6.45) is 2.71. The number of guanidine groups is 1. The topological polar surface area (TPSA) is 40.1 Å². The number of ether oxygens (including phenoxy) is 1. The molecule has 0 atom stereocenters. The van der Waals surface area contributed by atoms with Crippen molar-refractivity contribution in [3.63, 3.8) is 0 Å². The number of aliphatic imine (C=N–C) groups is 1. The molecule has 0 unspecified atom stereocenters. The van der Waals surface area contributed by atoms with Crippen molar-refractivity contribution in [2.24, 2.45) is 4.99 Å². The van der Waals surface area contributed by atoms with Crippen LogP contribution in [0.4, 0.5) is 0 Å². The first kappa shape index (κ1) is 22.0. The maximum absolute atomic E-state index is 5.22. The van der Waals surface area contributed by atoms with Crippen molar-refractivity contribution in [1.82, 2.24) is 15.1 Å².